The molecule has 0 atom stereocenters. The fourth-order valence-corrected chi connectivity index (χ4v) is 2.65. The normalized spacial score (nSPS) is 17.2. The fraction of sp³-hybridized carbons (Fsp3) is 0.500. The van der Waals surface area contributed by atoms with Crippen LogP contribution in [-0.2, 0) is 11.3 Å². The summed E-state index contributed by atoms with van der Waals surface area (Å²) in [5.74, 6) is -0.112. The van der Waals surface area contributed by atoms with Crippen molar-refractivity contribution in [3.63, 3.8) is 0 Å². The predicted molar refractivity (Wildman–Crippen MR) is 75.7 cm³/mol. The second-order valence-electron chi connectivity index (χ2n) is 5.55. The third-order valence-electron chi connectivity index (χ3n) is 3.85. The first kappa shape index (κ1) is 14.5. The van der Waals surface area contributed by atoms with Gasteiger partial charge in [0.1, 0.15) is 0 Å². The minimum Gasteiger partial charge on any atom is -0.389 e. The first-order chi connectivity index (χ1) is 9.61. The molecular weight excluding hydrogens is 252 g/mol. The van der Waals surface area contributed by atoms with Gasteiger partial charge in [0.2, 0.25) is 5.91 Å². The van der Waals surface area contributed by atoms with Crippen LogP contribution < -0.4 is 5.32 Å². The third kappa shape index (κ3) is 4.07. The smallest absolute Gasteiger partial charge is 0.223 e. The first-order valence-corrected chi connectivity index (χ1v) is 7.09. The monoisotopic (exact) mass is 272 g/mol. The number of aliphatic hydroxyl groups is 1. The molecule has 2 N–H and O–H groups in total. The summed E-state index contributed by atoms with van der Waals surface area (Å²) < 4.78 is 0. The van der Waals surface area contributed by atoms with Crippen LogP contribution in [0.25, 0.3) is 0 Å². The summed E-state index contributed by atoms with van der Waals surface area (Å²) in [6.45, 7) is 0.431. The van der Waals surface area contributed by atoms with E-state index in [4.69, 9.17) is 5.26 Å². The molecule has 0 radical (unpaired) electrons. The molecule has 0 spiro atoms. The Hall–Kier alpha value is -1.86. The van der Waals surface area contributed by atoms with E-state index in [0.717, 1.165) is 37.7 Å². The molecule has 1 saturated carbocycles. The second kappa shape index (κ2) is 6.53. The fourth-order valence-electron chi connectivity index (χ4n) is 2.65. The van der Waals surface area contributed by atoms with E-state index in [1.807, 2.05) is 12.1 Å². The maximum Gasteiger partial charge on any atom is 0.223 e. The van der Waals surface area contributed by atoms with Gasteiger partial charge in [-0.3, -0.25) is 4.79 Å². The average Bonchev–Trinajstić information content (AvgIpc) is 2.46. The lowest BCUT2D eigenvalue weighted by molar-refractivity contribution is -0.127. The molecule has 1 aromatic carbocycles. The topological polar surface area (TPSA) is 73.1 Å². The maximum atomic E-state index is 11.9. The van der Waals surface area contributed by atoms with Crippen molar-refractivity contribution in [2.75, 3.05) is 0 Å². The van der Waals surface area contributed by atoms with Crippen molar-refractivity contribution in [3.05, 3.63) is 35.4 Å². The molecule has 4 nitrogen and oxygen atoms in total. The van der Waals surface area contributed by atoms with Crippen molar-refractivity contribution in [3.8, 4) is 6.07 Å². The van der Waals surface area contributed by atoms with E-state index in [9.17, 15) is 9.90 Å². The molecule has 1 aliphatic carbocycles. The molecule has 106 valence electrons. The molecule has 2 rings (SSSR count). The van der Waals surface area contributed by atoms with Gasteiger partial charge in [0, 0.05) is 6.54 Å². The van der Waals surface area contributed by atoms with E-state index in [2.05, 4.69) is 11.4 Å². The van der Waals surface area contributed by atoms with Gasteiger partial charge in [-0.25, -0.2) is 0 Å². The number of nitriles is 1. The van der Waals surface area contributed by atoms with Crippen molar-refractivity contribution >= 4 is 5.91 Å². The van der Waals surface area contributed by atoms with Gasteiger partial charge in [0.25, 0.3) is 0 Å². The number of hydrogen-bond donors (Lipinski definition) is 2. The van der Waals surface area contributed by atoms with Crippen molar-refractivity contribution < 1.29 is 9.90 Å². The van der Waals surface area contributed by atoms with Gasteiger partial charge in [-0.15, -0.1) is 0 Å². The number of nitrogens with zero attached hydrogens (tertiary/aromatic N) is 1. The number of carbonyl (C=O) groups is 1. The average molecular weight is 272 g/mol. The summed E-state index contributed by atoms with van der Waals surface area (Å²) in [6.07, 6.45) is 4.77. The Morgan fingerprint density at radius 2 is 1.90 bits per heavy atom. The van der Waals surface area contributed by atoms with E-state index < -0.39 is 5.60 Å². The van der Waals surface area contributed by atoms with Crippen LogP contribution in [0.2, 0.25) is 0 Å². The number of nitrogens with one attached hydrogen (secondary N) is 1. The van der Waals surface area contributed by atoms with E-state index in [0.29, 0.717) is 12.1 Å². The molecular formula is C16H20N2O2. The van der Waals surface area contributed by atoms with Gasteiger partial charge < -0.3 is 10.4 Å². The van der Waals surface area contributed by atoms with Gasteiger partial charge in [0.15, 0.2) is 0 Å². The van der Waals surface area contributed by atoms with Gasteiger partial charge >= 0.3 is 0 Å². The van der Waals surface area contributed by atoms with Crippen molar-refractivity contribution in [1.29, 1.82) is 5.26 Å². The van der Waals surface area contributed by atoms with Crippen LogP contribution >= 0.6 is 0 Å². The third-order valence-corrected chi connectivity index (χ3v) is 3.85. The Morgan fingerprint density at radius 3 is 2.50 bits per heavy atom. The Kier molecular flexibility index (Phi) is 4.75. The highest BCUT2D eigenvalue weighted by Crippen LogP contribution is 2.30. The molecule has 0 aliphatic heterocycles. The minimum atomic E-state index is -0.813. The molecule has 1 amide bonds. The van der Waals surface area contributed by atoms with E-state index in [1.54, 1.807) is 12.1 Å². The van der Waals surface area contributed by atoms with Crippen LogP contribution in [0.1, 0.15) is 49.7 Å². The lowest BCUT2D eigenvalue weighted by Crippen LogP contribution is -2.38. The zero-order valence-corrected chi connectivity index (χ0v) is 11.6. The molecule has 0 aromatic heterocycles. The van der Waals surface area contributed by atoms with Gasteiger partial charge in [-0.05, 0) is 30.5 Å². The molecule has 0 unspecified atom stereocenters. The predicted octanol–water partition coefficient (Wildman–Crippen LogP) is 2.26. The van der Waals surface area contributed by atoms with E-state index >= 15 is 0 Å². The van der Waals surface area contributed by atoms with Crippen LogP contribution in [0.15, 0.2) is 24.3 Å². The highest BCUT2D eigenvalue weighted by atomic mass is 16.3. The number of amides is 1. The van der Waals surface area contributed by atoms with Crippen LogP contribution in [0.3, 0.4) is 0 Å². The summed E-state index contributed by atoms with van der Waals surface area (Å²) in [5, 5.41) is 21.8. The summed E-state index contributed by atoms with van der Waals surface area (Å²) >= 11 is 0. The second-order valence-corrected chi connectivity index (χ2v) is 5.55. The van der Waals surface area contributed by atoms with Gasteiger partial charge in [0.05, 0.1) is 23.7 Å². The summed E-state index contributed by atoms with van der Waals surface area (Å²) in [7, 11) is 0. The van der Waals surface area contributed by atoms with Crippen molar-refractivity contribution in [2.45, 2.75) is 50.7 Å². The van der Waals surface area contributed by atoms with E-state index in [1.165, 1.54) is 0 Å². The Morgan fingerprint density at radius 1 is 1.25 bits per heavy atom. The minimum absolute atomic E-state index is 0.112. The van der Waals surface area contributed by atoms with Gasteiger partial charge in [-0.2, -0.15) is 5.26 Å². The van der Waals surface area contributed by atoms with Crippen molar-refractivity contribution in [1.82, 2.24) is 5.32 Å². The number of rotatable bonds is 4. The van der Waals surface area contributed by atoms with Crippen LogP contribution in [0.4, 0.5) is 0 Å². The van der Waals surface area contributed by atoms with Gasteiger partial charge in [-0.1, -0.05) is 31.4 Å². The Balaban J connectivity index is 1.81. The quantitative estimate of drug-likeness (QED) is 0.883. The molecule has 1 fully saturated rings. The maximum absolute atomic E-state index is 11.9. The molecule has 0 heterocycles. The highest BCUT2D eigenvalue weighted by molar-refractivity contribution is 5.77. The summed E-state index contributed by atoms with van der Waals surface area (Å²) in [4.78, 5) is 11.9. The van der Waals surface area contributed by atoms with E-state index in [-0.39, 0.29) is 12.3 Å². The van der Waals surface area contributed by atoms with Crippen molar-refractivity contribution in [2.24, 2.45) is 0 Å². The molecule has 1 aromatic rings. The Labute approximate surface area is 119 Å². The number of carbonyl (C=O) groups excluding carboxylic acids is 1. The zero-order valence-electron chi connectivity index (χ0n) is 11.6. The van der Waals surface area contributed by atoms with Crippen LogP contribution in [0.5, 0.6) is 0 Å². The molecule has 0 bridgehead atoms. The molecule has 0 saturated heterocycles. The van der Waals surface area contributed by atoms with Crippen LogP contribution in [-0.4, -0.2) is 16.6 Å². The summed E-state index contributed by atoms with van der Waals surface area (Å²) in [6, 6.07) is 9.18. The first-order valence-electron chi connectivity index (χ1n) is 7.09. The lowest BCUT2D eigenvalue weighted by Gasteiger charge is -2.31. The summed E-state index contributed by atoms with van der Waals surface area (Å²) in [5.41, 5.74) is 0.747. The Bertz CT molecular complexity index is 496. The lowest BCUT2D eigenvalue weighted by atomic mass is 9.82. The number of hydrogen-bond acceptors (Lipinski definition) is 3. The van der Waals surface area contributed by atoms with Crippen LogP contribution in [0, 0.1) is 11.3 Å². The zero-order chi connectivity index (χ0) is 14.4. The highest BCUT2D eigenvalue weighted by Gasteiger charge is 2.31. The largest absolute Gasteiger partial charge is 0.389 e. The molecule has 1 aliphatic rings. The molecule has 20 heavy (non-hydrogen) atoms. The molecule has 4 heteroatoms. The number of benzene rings is 1. The standard InChI is InChI=1S/C16H20N2O2/c17-11-13-4-6-14(7-5-13)12-18-15(19)10-16(20)8-2-1-3-9-16/h4-7,20H,1-3,8-10,12H2,(H,18,19). The SMILES string of the molecule is N#Cc1ccc(CNC(=O)CC2(O)CCCCC2)cc1.